The highest BCUT2D eigenvalue weighted by molar-refractivity contribution is 9.09. The van der Waals surface area contributed by atoms with Crippen LogP contribution >= 0.6 is 39.1 Å². The lowest BCUT2D eigenvalue weighted by molar-refractivity contribution is 0.790. The van der Waals surface area contributed by atoms with Crippen molar-refractivity contribution in [2.24, 2.45) is 0 Å². The van der Waals surface area contributed by atoms with Gasteiger partial charge in [-0.15, -0.1) is 5.10 Å². The van der Waals surface area contributed by atoms with Gasteiger partial charge in [-0.1, -0.05) is 51.3 Å². The maximum Gasteiger partial charge on any atom is 0.0967 e. The largest absolute Gasteiger partial charge is 0.219 e. The van der Waals surface area contributed by atoms with Gasteiger partial charge in [0.25, 0.3) is 0 Å². The molecule has 0 saturated heterocycles. The molecule has 1 aromatic carbocycles. The molecule has 0 spiro atoms. The van der Waals surface area contributed by atoms with Crippen LogP contribution in [-0.2, 0) is 0 Å². The summed E-state index contributed by atoms with van der Waals surface area (Å²) >= 11 is 15.6. The number of hydrogen-bond acceptors (Lipinski definition) is 2. The van der Waals surface area contributed by atoms with E-state index in [-0.39, 0.29) is 4.83 Å². The topological polar surface area (TPSA) is 30.7 Å². The molecular formula is C11H10BrCl2N3. The summed E-state index contributed by atoms with van der Waals surface area (Å²) in [7, 11) is 0. The highest BCUT2D eigenvalue weighted by atomic mass is 79.9. The van der Waals surface area contributed by atoms with Crippen LogP contribution in [0.4, 0.5) is 0 Å². The Balaban J connectivity index is 2.40. The van der Waals surface area contributed by atoms with Gasteiger partial charge < -0.3 is 0 Å². The Kier molecular flexibility index (Phi) is 4.07. The van der Waals surface area contributed by atoms with Gasteiger partial charge in [0.1, 0.15) is 0 Å². The number of nitrogens with zero attached hydrogens (tertiary/aromatic N) is 3. The molecule has 3 nitrogen and oxygen atoms in total. The first-order valence-electron chi connectivity index (χ1n) is 5.13. The zero-order valence-electron chi connectivity index (χ0n) is 9.07. The van der Waals surface area contributed by atoms with Crippen LogP contribution in [0.1, 0.15) is 23.9 Å². The first kappa shape index (κ1) is 12.9. The molecule has 17 heavy (non-hydrogen) atoms. The number of aromatic nitrogens is 3. The lowest BCUT2D eigenvalue weighted by Crippen LogP contribution is -1.95. The van der Waals surface area contributed by atoms with E-state index in [2.05, 4.69) is 33.2 Å². The van der Waals surface area contributed by atoms with Crippen molar-refractivity contribution in [2.75, 3.05) is 0 Å². The fraction of sp³-hybridized carbons (Fsp3) is 0.273. The Hall–Kier alpha value is -0.580. The van der Waals surface area contributed by atoms with Crippen LogP contribution in [-0.4, -0.2) is 15.0 Å². The fourth-order valence-electron chi connectivity index (χ4n) is 1.41. The van der Waals surface area contributed by atoms with Gasteiger partial charge in [-0.3, -0.25) is 0 Å². The van der Waals surface area contributed by atoms with E-state index in [1.807, 2.05) is 6.20 Å². The summed E-state index contributed by atoms with van der Waals surface area (Å²) in [6.07, 6.45) is 2.79. The molecule has 1 atom stereocenters. The molecule has 0 aliphatic heterocycles. The lowest BCUT2D eigenvalue weighted by Gasteiger charge is -2.03. The Labute approximate surface area is 118 Å². The van der Waals surface area contributed by atoms with Crippen LogP contribution in [0.15, 0.2) is 24.4 Å². The van der Waals surface area contributed by atoms with Crippen LogP contribution in [0.25, 0.3) is 5.69 Å². The molecule has 1 aromatic heterocycles. The summed E-state index contributed by atoms with van der Waals surface area (Å²) < 4.78 is 1.63. The molecule has 2 rings (SSSR count). The summed E-state index contributed by atoms with van der Waals surface area (Å²) in [5.74, 6) is 0. The van der Waals surface area contributed by atoms with Gasteiger partial charge >= 0.3 is 0 Å². The molecule has 90 valence electrons. The first-order chi connectivity index (χ1) is 8.11. The number of benzene rings is 1. The maximum absolute atomic E-state index is 6.09. The van der Waals surface area contributed by atoms with Gasteiger partial charge in [-0.2, -0.15) is 0 Å². The number of halogens is 3. The minimum absolute atomic E-state index is 0.203. The van der Waals surface area contributed by atoms with Crippen LogP contribution in [0.5, 0.6) is 0 Å². The zero-order chi connectivity index (χ0) is 12.4. The molecule has 2 aromatic rings. The molecule has 0 aliphatic rings. The summed E-state index contributed by atoms with van der Waals surface area (Å²) in [5.41, 5.74) is 1.61. The van der Waals surface area contributed by atoms with Crippen molar-refractivity contribution in [3.8, 4) is 5.69 Å². The minimum Gasteiger partial charge on any atom is -0.219 e. The molecule has 6 heteroatoms. The predicted octanol–water partition coefficient (Wildman–Crippen LogP) is 4.42. The zero-order valence-corrected chi connectivity index (χ0v) is 12.2. The van der Waals surface area contributed by atoms with E-state index in [4.69, 9.17) is 23.2 Å². The average molecular weight is 335 g/mol. The van der Waals surface area contributed by atoms with E-state index in [9.17, 15) is 0 Å². The lowest BCUT2D eigenvalue weighted by atomic mass is 10.3. The van der Waals surface area contributed by atoms with Crippen LogP contribution < -0.4 is 0 Å². The highest BCUT2D eigenvalue weighted by Gasteiger charge is 2.12. The first-order valence-corrected chi connectivity index (χ1v) is 6.80. The Bertz CT molecular complexity index is 527. The van der Waals surface area contributed by atoms with Crippen molar-refractivity contribution in [1.29, 1.82) is 0 Å². The summed E-state index contributed by atoms with van der Waals surface area (Å²) in [5, 5.41) is 9.36. The summed E-state index contributed by atoms with van der Waals surface area (Å²) in [4.78, 5) is 0.203. The molecule has 0 fully saturated rings. The second-order valence-corrected chi connectivity index (χ2v) is 5.51. The Morgan fingerprint density at radius 3 is 2.88 bits per heavy atom. The second-order valence-electron chi connectivity index (χ2n) is 3.56. The number of alkyl halides is 1. The SMILES string of the molecule is CCC(Br)c1cn(-c2cc(Cl)ccc2Cl)nn1. The van der Waals surface area contributed by atoms with Crippen LogP contribution in [0.2, 0.25) is 10.0 Å². The maximum atomic E-state index is 6.09. The van der Waals surface area contributed by atoms with E-state index < -0.39 is 0 Å². The Morgan fingerprint density at radius 2 is 2.18 bits per heavy atom. The molecule has 0 bridgehead atoms. The van der Waals surface area contributed by atoms with Crippen molar-refractivity contribution >= 4 is 39.1 Å². The van der Waals surface area contributed by atoms with Crippen molar-refractivity contribution in [3.05, 3.63) is 40.1 Å². The van der Waals surface area contributed by atoms with Gasteiger partial charge in [0.15, 0.2) is 0 Å². The molecule has 0 saturated carbocycles. The molecule has 0 radical (unpaired) electrons. The molecule has 1 unspecified atom stereocenters. The quantitative estimate of drug-likeness (QED) is 0.778. The monoisotopic (exact) mass is 333 g/mol. The number of rotatable bonds is 3. The summed E-state index contributed by atoms with van der Waals surface area (Å²) in [6.45, 7) is 2.07. The van der Waals surface area contributed by atoms with Crippen molar-refractivity contribution < 1.29 is 0 Å². The van der Waals surface area contributed by atoms with Crippen LogP contribution in [0.3, 0.4) is 0 Å². The molecule has 0 N–H and O–H groups in total. The van der Waals surface area contributed by atoms with E-state index in [0.717, 1.165) is 17.8 Å². The predicted molar refractivity (Wildman–Crippen MR) is 73.3 cm³/mol. The molecule has 0 aliphatic carbocycles. The van der Waals surface area contributed by atoms with Gasteiger partial charge in [0.05, 0.1) is 27.4 Å². The minimum atomic E-state index is 0.203. The third kappa shape index (κ3) is 2.81. The van der Waals surface area contributed by atoms with E-state index in [0.29, 0.717) is 10.0 Å². The van der Waals surface area contributed by atoms with E-state index in [1.54, 1.807) is 22.9 Å². The van der Waals surface area contributed by atoms with Gasteiger partial charge in [0.2, 0.25) is 0 Å². The Morgan fingerprint density at radius 1 is 1.41 bits per heavy atom. The fourth-order valence-corrected chi connectivity index (χ4v) is 1.99. The average Bonchev–Trinajstić information content (AvgIpc) is 2.80. The van der Waals surface area contributed by atoms with Gasteiger partial charge in [-0.05, 0) is 24.6 Å². The molecular weight excluding hydrogens is 325 g/mol. The number of hydrogen-bond donors (Lipinski definition) is 0. The van der Waals surface area contributed by atoms with E-state index >= 15 is 0 Å². The third-order valence-corrected chi connectivity index (χ3v) is 4.02. The van der Waals surface area contributed by atoms with Gasteiger partial charge in [0, 0.05) is 5.02 Å². The van der Waals surface area contributed by atoms with Crippen molar-refractivity contribution in [1.82, 2.24) is 15.0 Å². The normalized spacial score (nSPS) is 12.7. The highest BCUT2D eigenvalue weighted by Crippen LogP contribution is 2.27. The van der Waals surface area contributed by atoms with Crippen molar-refractivity contribution in [2.45, 2.75) is 18.2 Å². The standard InChI is InChI=1S/C11H10BrCl2N3/c1-2-8(12)10-6-17(16-15-10)11-5-7(13)3-4-9(11)14/h3-6,8H,2H2,1H3. The third-order valence-electron chi connectivity index (χ3n) is 2.35. The van der Waals surface area contributed by atoms with Crippen molar-refractivity contribution in [3.63, 3.8) is 0 Å². The van der Waals surface area contributed by atoms with Gasteiger partial charge in [-0.25, -0.2) is 4.68 Å². The molecule has 0 amide bonds. The van der Waals surface area contributed by atoms with Crippen LogP contribution in [0, 0.1) is 0 Å². The molecule has 1 heterocycles. The van der Waals surface area contributed by atoms with E-state index in [1.165, 1.54) is 0 Å². The summed E-state index contributed by atoms with van der Waals surface area (Å²) in [6, 6.07) is 5.24. The second kappa shape index (κ2) is 5.38. The smallest absolute Gasteiger partial charge is 0.0967 e.